The molecule has 3 rings (SSSR count). The molecule has 0 saturated heterocycles. The third-order valence-electron chi connectivity index (χ3n) is 3.21. The van der Waals surface area contributed by atoms with Crippen molar-refractivity contribution in [2.45, 2.75) is 18.5 Å². The van der Waals surface area contributed by atoms with Gasteiger partial charge in [0, 0.05) is 0 Å². The van der Waals surface area contributed by atoms with Crippen molar-refractivity contribution in [1.82, 2.24) is 10.6 Å². The minimum absolute atomic E-state index is 0.119. The van der Waals surface area contributed by atoms with Crippen molar-refractivity contribution < 1.29 is 4.79 Å². The van der Waals surface area contributed by atoms with Crippen molar-refractivity contribution >= 4 is 11.9 Å². The molecule has 1 aromatic carbocycles. The number of aliphatic imine (C=N–C) groups is 1. The number of hydrogen-bond donors (Lipinski definition) is 3. The van der Waals surface area contributed by atoms with Crippen LogP contribution in [-0.4, -0.2) is 24.0 Å². The van der Waals surface area contributed by atoms with Gasteiger partial charge in [0.1, 0.15) is 12.1 Å². The van der Waals surface area contributed by atoms with E-state index < -0.39 is 0 Å². The Morgan fingerprint density at radius 3 is 2.83 bits per heavy atom. The zero-order valence-corrected chi connectivity index (χ0v) is 9.76. The summed E-state index contributed by atoms with van der Waals surface area (Å²) in [6.07, 6.45) is 2.66. The van der Waals surface area contributed by atoms with Crippen LogP contribution in [0.5, 0.6) is 0 Å². The Kier molecular flexibility index (Phi) is 2.51. The quantitative estimate of drug-likeness (QED) is 0.677. The molecule has 18 heavy (non-hydrogen) atoms. The van der Waals surface area contributed by atoms with E-state index in [4.69, 9.17) is 5.73 Å². The Balaban J connectivity index is 1.82. The molecule has 0 fully saturated rings. The number of rotatable bonds is 2. The largest absolute Gasteiger partial charge is 0.378 e. The number of nitrogens with two attached hydrogens (primary N) is 1. The summed E-state index contributed by atoms with van der Waals surface area (Å²) >= 11 is 0. The van der Waals surface area contributed by atoms with Gasteiger partial charge in [0.25, 0.3) is 5.91 Å². The van der Waals surface area contributed by atoms with Gasteiger partial charge in [-0.05, 0) is 23.8 Å². The summed E-state index contributed by atoms with van der Waals surface area (Å²) in [6.45, 7) is 0. The topological polar surface area (TPSA) is 79.5 Å². The Hall–Kier alpha value is -2.30. The molecule has 2 heterocycles. The minimum Gasteiger partial charge on any atom is -0.378 e. The second kappa shape index (κ2) is 4.18. The van der Waals surface area contributed by atoms with E-state index >= 15 is 0 Å². The number of guanidine groups is 1. The zero-order chi connectivity index (χ0) is 12.5. The molecule has 2 aliphatic heterocycles. The molecule has 0 aliphatic carbocycles. The van der Waals surface area contributed by atoms with E-state index in [1.165, 1.54) is 5.56 Å². The summed E-state index contributed by atoms with van der Waals surface area (Å²) in [5.41, 5.74) is 7.89. The van der Waals surface area contributed by atoms with Crippen molar-refractivity contribution in [1.29, 1.82) is 0 Å². The molecule has 2 atom stereocenters. The normalized spacial score (nSPS) is 25.7. The summed E-state index contributed by atoms with van der Waals surface area (Å²) in [4.78, 5) is 16.0. The first-order valence-electron chi connectivity index (χ1n) is 5.87. The second-order valence-corrected chi connectivity index (χ2v) is 4.47. The Bertz CT molecular complexity index is 535. The second-order valence-electron chi connectivity index (χ2n) is 4.47. The fourth-order valence-electron chi connectivity index (χ4n) is 2.34. The highest BCUT2D eigenvalue weighted by molar-refractivity contribution is 6.02. The Labute approximate surface area is 105 Å². The number of nitrogens with zero attached hydrogens (tertiary/aromatic N) is 1. The number of amides is 1. The van der Waals surface area contributed by atoms with Gasteiger partial charge < -0.3 is 11.1 Å². The van der Waals surface area contributed by atoms with Crippen molar-refractivity contribution in [2.75, 3.05) is 0 Å². The highest BCUT2D eigenvalue weighted by Crippen LogP contribution is 2.23. The molecule has 5 heteroatoms. The molecule has 0 saturated carbocycles. The van der Waals surface area contributed by atoms with Gasteiger partial charge in [0.2, 0.25) is 0 Å². The molecule has 0 spiro atoms. The fourth-order valence-corrected chi connectivity index (χ4v) is 2.34. The van der Waals surface area contributed by atoms with Crippen LogP contribution in [0.4, 0.5) is 0 Å². The lowest BCUT2D eigenvalue weighted by molar-refractivity contribution is -0.121. The van der Waals surface area contributed by atoms with Crippen molar-refractivity contribution in [3.63, 3.8) is 0 Å². The number of fused-ring (bicyclic) bond motifs is 1. The van der Waals surface area contributed by atoms with Crippen LogP contribution in [0.25, 0.3) is 0 Å². The molecule has 5 nitrogen and oxygen atoms in total. The Morgan fingerprint density at radius 2 is 2.06 bits per heavy atom. The molecule has 2 aliphatic rings. The van der Waals surface area contributed by atoms with Crippen LogP contribution < -0.4 is 16.4 Å². The summed E-state index contributed by atoms with van der Waals surface area (Å²) in [6, 6.07) is 9.60. The molecular formula is C13H14N4O. The van der Waals surface area contributed by atoms with E-state index in [0.717, 1.165) is 12.0 Å². The average Bonchev–Trinajstić information content (AvgIpc) is 2.74. The number of hydrogen-bond acceptors (Lipinski definition) is 4. The summed E-state index contributed by atoms with van der Waals surface area (Å²) in [5.74, 6) is 0.0794. The van der Waals surface area contributed by atoms with Crippen LogP contribution in [0, 0.1) is 0 Å². The zero-order valence-electron chi connectivity index (χ0n) is 9.76. The van der Waals surface area contributed by atoms with Gasteiger partial charge in [-0.3, -0.25) is 10.1 Å². The average molecular weight is 242 g/mol. The predicted molar refractivity (Wildman–Crippen MR) is 68.7 cm³/mol. The first-order valence-corrected chi connectivity index (χ1v) is 5.87. The van der Waals surface area contributed by atoms with E-state index in [9.17, 15) is 4.79 Å². The number of carbonyl (C=O) groups excluding carboxylic acids is 1. The maximum Gasteiger partial charge on any atom is 0.251 e. The molecule has 0 bridgehead atoms. The van der Waals surface area contributed by atoms with Crippen LogP contribution in [0.3, 0.4) is 0 Å². The van der Waals surface area contributed by atoms with Gasteiger partial charge in [0.15, 0.2) is 5.96 Å². The number of nitrogens with one attached hydrogen (secondary N) is 2. The van der Waals surface area contributed by atoms with Gasteiger partial charge in [-0.1, -0.05) is 30.3 Å². The molecule has 0 radical (unpaired) electrons. The third kappa shape index (κ3) is 1.84. The van der Waals surface area contributed by atoms with Crippen LogP contribution in [0.1, 0.15) is 5.56 Å². The van der Waals surface area contributed by atoms with Crippen molar-refractivity contribution in [2.24, 2.45) is 10.7 Å². The molecule has 1 aromatic rings. The van der Waals surface area contributed by atoms with Crippen molar-refractivity contribution in [3.05, 3.63) is 47.7 Å². The van der Waals surface area contributed by atoms with E-state index in [1.54, 1.807) is 0 Å². The highest BCUT2D eigenvalue weighted by Gasteiger charge is 2.37. The molecule has 0 aromatic heterocycles. The monoisotopic (exact) mass is 242 g/mol. The SMILES string of the molecule is NC1=NC2C(Cc3ccccc3)=CNC2C(=O)N1. The minimum atomic E-state index is -0.323. The van der Waals surface area contributed by atoms with E-state index in [1.807, 2.05) is 24.4 Å². The molecule has 4 N–H and O–H groups in total. The van der Waals surface area contributed by atoms with Crippen LogP contribution in [-0.2, 0) is 11.2 Å². The molecule has 92 valence electrons. The van der Waals surface area contributed by atoms with Crippen LogP contribution in [0.2, 0.25) is 0 Å². The van der Waals surface area contributed by atoms with Gasteiger partial charge >= 0.3 is 0 Å². The first-order chi connectivity index (χ1) is 8.74. The van der Waals surface area contributed by atoms with E-state index in [-0.39, 0.29) is 24.0 Å². The molecule has 2 unspecified atom stereocenters. The number of carbonyl (C=O) groups is 1. The lowest BCUT2D eigenvalue weighted by Crippen LogP contribution is -2.55. The maximum atomic E-state index is 11.7. The summed E-state index contributed by atoms with van der Waals surface area (Å²) < 4.78 is 0. The standard InChI is InChI=1S/C13H14N4O/c14-13-16-10-9(6-8-4-2-1-3-5-8)7-15-11(10)12(18)17-13/h1-5,7,10-11,15H,6H2,(H3,14,16,17,18). The van der Waals surface area contributed by atoms with Gasteiger partial charge in [-0.25, -0.2) is 4.99 Å². The maximum absolute atomic E-state index is 11.7. The lowest BCUT2D eigenvalue weighted by atomic mass is 9.96. The smallest absolute Gasteiger partial charge is 0.251 e. The fraction of sp³-hybridized carbons (Fsp3) is 0.231. The van der Waals surface area contributed by atoms with Crippen LogP contribution >= 0.6 is 0 Å². The number of benzene rings is 1. The van der Waals surface area contributed by atoms with Crippen LogP contribution in [0.15, 0.2) is 47.1 Å². The first kappa shape index (κ1) is 10.8. The molecular weight excluding hydrogens is 228 g/mol. The predicted octanol–water partition coefficient (Wildman–Crippen LogP) is -0.102. The van der Waals surface area contributed by atoms with Gasteiger partial charge in [0.05, 0.1) is 0 Å². The summed E-state index contributed by atoms with van der Waals surface area (Å²) in [7, 11) is 0. The Morgan fingerprint density at radius 1 is 1.28 bits per heavy atom. The van der Waals surface area contributed by atoms with E-state index in [0.29, 0.717) is 0 Å². The lowest BCUT2D eigenvalue weighted by Gasteiger charge is -2.23. The van der Waals surface area contributed by atoms with Gasteiger partial charge in [-0.2, -0.15) is 0 Å². The summed E-state index contributed by atoms with van der Waals surface area (Å²) in [5, 5.41) is 5.59. The highest BCUT2D eigenvalue weighted by atomic mass is 16.2. The van der Waals surface area contributed by atoms with Gasteiger partial charge in [-0.15, -0.1) is 0 Å². The third-order valence-corrected chi connectivity index (χ3v) is 3.21. The van der Waals surface area contributed by atoms with E-state index in [2.05, 4.69) is 27.8 Å². The van der Waals surface area contributed by atoms with Crippen molar-refractivity contribution in [3.8, 4) is 0 Å². The molecule has 1 amide bonds.